The van der Waals surface area contributed by atoms with Crippen LogP contribution in [0.15, 0.2) is 11.3 Å². The van der Waals surface area contributed by atoms with E-state index in [0.29, 0.717) is 12.5 Å². The highest BCUT2D eigenvalue weighted by Crippen LogP contribution is 1.94. The number of hydrogen-bond donors (Lipinski definition) is 2. The number of nitrogens with zero attached hydrogens (tertiary/aromatic N) is 4. The fourth-order valence-electron chi connectivity index (χ4n) is 1.39. The molecule has 18 heavy (non-hydrogen) atoms. The van der Waals surface area contributed by atoms with E-state index in [0.717, 1.165) is 25.3 Å². The Kier molecular flexibility index (Phi) is 9.00. The Balaban J connectivity index is 0.00000289. The van der Waals surface area contributed by atoms with Crippen molar-refractivity contribution in [3.05, 3.63) is 12.2 Å². The van der Waals surface area contributed by atoms with Crippen LogP contribution in [0.4, 0.5) is 0 Å². The van der Waals surface area contributed by atoms with E-state index in [4.69, 9.17) is 6.42 Å². The third-order valence-electron chi connectivity index (χ3n) is 2.24. The number of nitrogens with one attached hydrogen (secondary N) is 2. The molecule has 1 aromatic rings. The van der Waals surface area contributed by atoms with Gasteiger partial charge in [-0.05, 0) is 0 Å². The Hall–Kier alpha value is -1.30. The summed E-state index contributed by atoms with van der Waals surface area (Å²) in [5, 5.41) is 14.0. The van der Waals surface area contributed by atoms with E-state index in [1.54, 1.807) is 13.4 Å². The minimum Gasteiger partial charge on any atom is -0.355 e. The predicted octanol–water partition coefficient (Wildman–Crippen LogP) is 0.257. The highest BCUT2D eigenvalue weighted by atomic mass is 127. The largest absolute Gasteiger partial charge is 0.355 e. The number of terminal acetylenes is 1. The average Bonchev–Trinajstić information content (AvgIpc) is 2.81. The fraction of sp³-hybridized carbons (Fsp3) is 0.545. The van der Waals surface area contributed by atoms with Crippen molar-refractivity contribution in [1.29, 1.82) is 0 Å². The van der Waals surface area contributed by atoms with Crippen molar-refractivity contribution in [2.45, 2.75) is 19.9 Å². The van der Waals surface area contributed by atoms with Gasteiger partial charge in [0.15, 0.2) is 5.96 Å². The molecule has 0 unspecified atom stereocenters. The minimum atomic E-state index is 0. The van der Waals surface area contributed by atoms with E-state index in [1.165, 1.54) is 0 Å². The van der Waals surface area contributed by atoms with Gasteiger partial charge in [0, 0.05) is 26.6 Å². The molecule has 7 heteroatoms. The third kappa shape index (κ3) is 5.35. The van der Waals surface area contributed by atoms with E-state index in [9.17, 15) is 0 Å². The first-order valence-corrected chi connectivity index (χ1v) is 5.56. The van der Waals surface area contributed by atoms with E-state index in [-0.39, 0.29) is 24.0 Å². The molecule has 2 N–H and O–H groups in total. The maximum atomic E-state index is 5.16. The van der Waals surface area contributed by atoms with Gasteiger partial charge < -0.3 is 15.2 Å². The average molecular weight is 362 g/mol. The summed E-state index contributed by atoms with van der Waals surface area (Å²) in [6.07, 6.45) is 7.77. The van der Waals surface area contributed by atoms with Crippen LogP contribution in [0.25, 0.3) is 0 Å². The number of halogens is 1. The lowest BCUT2D eigenvalue weighted by atomic mass is 10.4. The summed E-state index contributed by atoms with van der Waals surface area (Å²) in [6.45, 7) is 4.07. The molecule has 0 radical (unpaired) electrons. The topological polar surface area (TPSA) is 67.1 Å². The van der Waals surface area contributed by atoms with Crippen LogP contribution in [-0.4, -0.2) is 40.9 Å². The van der Waals surface area contributed by atoms with Gasteiger partial charge in [-0.1, -0.05) is 12.8 Å². The van der Waals surface area contributed by atoms with Gasteiger partial charge in [0.05, 0.1) is 6.54 Å². The Morgan fingerprint density at radius 3 is 2.94 bits per heavy atom. The summed E-state index contributed by atoms with van der Waals surface area (Å²) in [7, 11) is 1.71. The van der Waals surface area contributed by atoms with Gasteiger partial charge in [0.1, 0.15) is 12.2 Å². The highest BCUT2D eigenvalue weighted by molar-refractivity contribution is 14.0. The summed E-state index contributed by atoms with van der Waals surface area (Å²) >= 11 is 0. The standard InChI is InChI=1S/C11H18N6.HI/c1-4-6-13-11(12-3)14-7-8-17-9-15-16-10(17)5-2;/h1,9H,5-8H2,2-3H3,(H2,12,13,14);1H. The Labute approximate surface area is 125 Å². The lowest BCUT2D eigenvalue weighted by Gasteiger charge is -2.10. The van der Waals surface area contributed by atoms with Crippen molar-refractivity contribution >= 4 is 29.9 Å². The molecular formula is C11H19IN6. The summed E-state index contributed by atoms with van der Waals surface area (Å²) in [4.78, 5) is 4.05. The van der Waals surface area contributed by atoms with Crippen molar-refractivity contribution in [2.24, 2.45) is 4.99 Å². The summed E-state index contributed by atoms with van der Waals surface area (Å²) in [5.41, 5.74) is 0. The highest BCUT2D eigenvalue weighted by Gasteiger charge is 2.01. The number of guanidine groups is 1. The zero-order valence-electron chi connectivity index (χ0n) is 10.7. The van der Waals surface area contributed by atoms with Crippen molar-refractivity contribution in [3.8, 4) is 12.3 Å². The first-order valence-electron chi connectivity index (χ1n) is 5.56. The lowest BCUT2D eigenvalue weighted by Crippen LogP contribution is -2.39. The first kappa shape index (κ1) is 16.7. The lowest BCUT2D eigenvalue weighted by molar-refractivity contribution is 0.635. The molecule has 0 amide bonds. The Bertz CT molecular complexity index is 406. The van der Waals surface area contributed by atoms with Gasteiger partial charge in [0.25, 0.3) is 0 Å². The number of rotatable bonds is 5. The molecule has 0 saturated carbocycles. The van der Waals surface area contributed by atoms with E-state index in [1.807, 2.05) is 4.57 Å². The normalized spacial score (nSPS) is 10.4. The molecule has 1 heterocycles. The van der Waals surface area contributed by atoms with Crippen LogP contribution in [0.1, 0.15) is 12.7 Å². The van der Waals surface area contributed by atoms with Gasteiger partial charge >= 0.3 is 0 Å². The molecule has 0 aliphatic heterocycles. The summed E-state index contributed by atoms with van der Waals surface area (Å²) in [5.74, 6) is 4.19. The second-order valence-electron chi connectivity index (χ2n) is 3.35. The molecule has 1 aromatic heterocycles. The van der Waals surface area contributed by atoms with E-state index in [2.05, 4.69) is 38.7 Å². The van der Waals surface area contributed by atoms with E-state index < -0.39 is 0 Å². The number of aliphatic imine (C=N–C) groups is 1. The molecule has 0 aliphatic rings. The van der Waals surface area contributed by atoms with Crippen LogP contribution in [-0.2, 0) is 13.0 Å². The molecule has 100 valence electrons. The van der Waals surface area contributed by atoms with Crippen molar-refractivity contribution in [3.63, 3.8) is 0 Å². The molecule has 0 bridgehead atoms. The molecule has 0 aromatic carbocycles. The monoisotopic (exact) mass is 362 g/mol. The molecule has 1 rings (SSSR count). The van der Waals surface area contributed by atoms with Crippen LogP contribution in [0.5, 0.6) is 0 Å². The van der Waals surface area contributed by atoms with E-state index >= 15 is 0 Å². The quantitative estimate of drug-likeness (QED) is 0.341. The van der Waals surface area contributed by atoms with Crippen molar-refractivity contribution < 1.29 is 0 Å². The van der Waals surface area contributed by atoms with Crippen LogP contribution in [0.2, 0.25) is 0 Å². The maximum Gasteiger partial charge on any atom is 0.191 e. The second-order valence-corrected chi connectivity index (χ2v) is 3.35. The predicted molar refractivity (Wildman–Crippen MR) is 83.0 cm³/mol. The van der Waals surface area contributed by atoms with Crippen molar-refractivity contribution in [1.82, 2.24) is 25.4 Å². The van der Waals surface area contributed by atoms with Crippen molar-refractivity contribution in [2.75, 3.05) is 20.1 Å². The Morgan fingerprint density at radius 2 is 2.33 bits per heavy atom. The smallest absolute Gasteiger partial charge is 0.191 e. The fourth-order valence-corrected chi connectivity index (χ4v) is 1.39. The van der Waals surface area contributed by atoms with Crippen LogP contribution in [0, 0.1) is 12.3 Å². The zero-order valence-corrected chi connectivity index (χ0v) is 13.0. The molecule has 0 saturated heterocycles. The van der Waals surface area contributed by atoms with Crippen LogP contribution in [0.3, 0.4) is 0 Å². The molecule has 0 spiro atoms. The minimum absolute atomic E-state index is 0. The van der Waals surface area contributed by atoms with Crippen LogP contribution >= 0.6 is 24.0 Å². The molecule has 0 aliphatic carbocycles. The number of hydrogen-bond acceptors (Lipinski definition) is 3. The maximum absolute atomic E-state index is 5.16. The van der Waals surface area contributed by atoms with Gasteiger partial charge in [0.2, 0.25) is 0 Å². The summed E-state index contributed by atoms with van der Waals surface area (Å²) in [6, 6.07) is 0. The van der Waals surface area contributed by atoms with Gasteiger partial charge in [-0.25, -0.2) is 0 Å². The molecular weight excluding hydrogens is 343 g/mol. The van der Waals surface area contributed by atoms with Crippen LogP contribution < -0.4 is 10.6 Å². The van der Waals surface area contributed by atoms with Gasteiger partial charge in [-0.15, -0.1) is 40.6 Å². The van der Waals surface area contributed by atoms with Gasteiger partial charge in [-0.2, -0.15) is 0 Å². The Morgan fingerprint density at radius 1 is 1.56 bits per heavy atom. The molecule has 6 nitrogen and oxygen atoms in total. The zero-order chi connectivity index (χ0) is 12.5. The summed E-state index contributed by atoms with van der Waals surface area (Å²) < 4.78 is 2.02. The number of aryl methyl sites for hydroxylation is 1. The first-order chi connectivity index (χ1) is 8.31. The number of aromatic nitrogens is 3. The molecule has 0 fully saturated rings. The SMILES string of the molecule is C#CCNC(=NC)NCCn1cnnc1CC.I. The third-order valence-corrected chi connectivity index (χ3v) is 2.24. The van der Waals surface area contributed by atoms with Gasteiger partial charge in [-0.3, -0.25) is 4.99 Å². The molecule has 0 atom stereocenters. The second kappa shape index (κ2) is 9.70.